The third-order valence-corrected chi connectivity index (χ3v) is 6.01. The van der Waals surface area contributed by atoms with Crippen LogP contribution in [0.15, 0.2) is 77.7 Å². The van der Waals surface area contributed by atoms with Crippen molar-refractivity contribution in [2.24, 2.45) is 0 Å². The van der Waals surface area contributed by atoms with Gasteiger partial charge in [0, 0.05) is 5.69 Å². The highest BCUT2D eigenvalue weighted by molar-refractivity contribution is 7.89. The number of aryl methyl sites for hydroxylation is 1. The topological polar surface area (TPSA) is 75.3 Å². The van der Waals surface area contributed by atoms with Crippen LogP contribution in [0.2, 0.25) is 0 Å². The van der Waals surface area contributed by atoms with Gasteiger partial charge in [-0.25, -0.2) is 13.1 Å². The molecule has 0 aliphatic rings. The zero-order valence-corrected chi connectivity index (χ0v) is 16.6. The van der Waals surface area contributed by atoms with E-state index < -0.39 is 10.0 Å². The van der Waals surface area contributed by atoms with Crippen LogP contribution in [0.3, 0.4) is 0 Å². The molecule has 0 unspecified atom stereocenters. The highest BCUT2D eigenvalue weighted by Gasteiger charge is 2.16. The van der Waals surface area contributed by atoms with Crippen LogP contribution in [0.1, 0.15) is 11.1 Å². The number of anilines is 1. The number of hydrogen-bond acceptors (Lipinski definition) is 3. The Morgan fingerprint density at radius 3 is 2.18 bits per heavy atom. The molecule has 3 aromatic carbocycles. The Bertz CT molecular complexity index is 1080. The summed E-state index contributed by atoms with van der Waals surface area (Å²) in [5.74, 6) is -0.205. The van der Waals surface area contributed by atoms with Crippen LogP contribution >= 0.6 is 0 Å². The lowest BCUT2D eigenvalue weighted by atomic mass is 10.0. The van der Waals surface area contributed by atoms with Gasteiger partial charge in [0.2, 0.25) is 15.9 Å². The molecular formula is C22H22N2O3S. The minimum Gasteiger partial charge on any atom is -0.326 e. The van der Waals surface area contributed by atoms with E-state index in [2.05, 4.69) is 10.0 Å². The van der Waals surface area contributed by atoms with Crippen molar-refractivity contribution >= 4 is 21.6 Å². The maximum atomic E-state index is 12.4. The zero-order chi connectivity index (χ0) is 20.1. The Morgan fingerprint density at radius 2 is 1.54 bits per heavy atom. The van der Waals surface area contributed by atoms with Crippen molar-refractivity contribution in [1.29, 1.82) is 0 Å². The molecule has 28 heavy (non-hydrogen) atoms. The molecule has 0 saturated carbocycles. The largest absolute Gasteiger partial charge is 0.326 e. The molecule has 0 atom stereocenters. The summed E-state index contributed by atoms with van der Waals surface area (Å²) in [6.07, 6.45) is 0.205. The van der Waals surface area contributed by atoms with Crippen molar-refractivity contribution in [2.75, 3.05) is 12.4 Å². The van der Waals surface area contributed by atoms with Crippen molar-refractivity contribution in [3.8, 4) is 11.1 Å². The predicted octanol–water partition coefficient (Wildman–Crippen LogP) is 3.75. The normalized spacial score (nSPS) is 11.2. The van der Waals surface area contributed by atoms with E-state index in [0.717, 1.165) is 16.7 Å². The molecule has 1 amide bonds. The maximum absolute atomic E-state index is 12.4. The van der Waals surface area contributed by atoms with E-state index in [-0.39, 0.29) is 17.2 Å². The lowest BCUT2D eigenvalue weighted by molar-refractivity contribution is -0.115. The van der Waals surface area contributed by atoms with Crippen LogP contribution in [-0.4, -0.2) is 21.4 Å². The molecule has 0 aliphatic carbocycles. The van der Waals surface area contributed by atoms with Crippen molar-refractivity contribution < 1.29 is 13.2 Å². The van der Waals surface area contributed by atoms with E-state index in [1.807, 2.05) is 54.6 Å². The van der Waals surface area contributed by atoms with Gasteiger partial charge in [0.1, 0.15) is 0 Å². The molecule has 0 aromatic heterocycles. The van der Waals surface area contributed by atoms with Gasteiger partial charge in [-0.2, -0.15) is 0 Å². The number of nitrogens with one attached hydrogen (secondary N) is 2. The number of rotatable bonds is 6. The zero-order valence-electron chi connectivity index (χ0n) is 15.8. The average Bonchev–Trinajstić information content (AvgIpc) is 2.70. The number of carbonyl (C=O) groups excluding carboxylic acids is 1. The van der Waals surface area contributed by atoms with Gasteiger partial charge in [0.25, 0.3) is 0 Å². The summed E-state index contributed by atoms with van der Waals surface area (Å²) < 4.78 is 26.4. The smallest absolute Gasteiger partial charge is 0.240 e. The molecule has 0 radical (unpaired) electrons. The van der Waals surface area contributed by atoms with Gasteiger partial charge in [-0.15, -0.1) is 0 Å². The first-order chi connectivity index (χ1) is 13.4. The van der Waals surface area contributed by atoms with Gasteiger partial charge in [-0.05, 0) is 48.4 Å². The maximum Gasteiger partial charge on any atom is 0.240 e. The molecule has 3 rings (SSSR count). The van der Waals surface area contributed by atoms with Crippen molar-refractivity contribution in [1.82, 2.24) is 4.72 Å². The van der Waals surface area contributed by atoms with Crippen molar-refractivity contribution in [2.45, 2.75) is 18.2 Å². The standard InChI is InChI=1S/C22H22N2O3S/c1-16-8-13-20(15-21(16)28(26,27)23-2)24-22(25)14-17-9-11-19(12-10-17)18-6-4-3-5-7-18/h3-13,15,23H,14H2,1-2H3,(H,24,25). The highest BCUT2D eigenvalue weighted by atomic mass is 32.2. The van der Waals surface area contributed by atoms with Gasteiger partial charge in [0.15, 0.2) is 0 Å². The summed E-state index contributed by atoms with van der Waals surface area (Å²) in [5.41, 5.74) is 4.16. The van der Waals surface area contributed by atoms with E-state index in [1.54, 1.807) is 19.1 Å². The molecule has 144 valence electrons. The Hall–Kier alpha value is -2.96. The van der Waals surface area contributed by atoms with Crippen LogP contribution in [0.5, 0.6) is 0 Å². The molecule has 6 heteroatoms. The van der Waals surface area contributed by atoms with Crippen LogP contribution in [0.4, 0.5) is 5.69 Å². The number of amides is 1. The molecule has 2 N–H and O–H groups in total. The summed E-state index contributed by atoms with van der Waals surface area (Å²) >= 11 is 0. The summed E-state index contributed by atoms with van der Waals surface area (Å²) in [5, 5.41) is 2.77. The third kappa shape index (κ3) is 4.65. The van der Waals surface area contributed by atoms with Crippen LogP contribution in [0.25, 0.3) is 11.1 Å². The minimum absolute atomic E-state index is 0.153. The van der Waals surface area contributed by atoms with E-state index >= 15 is 0 Å². The van der Waals surface area contributed by atoms with Crippen molar-refractivity contribution in [3.05, 3.63) is 83.9 Å². The molecule has 3 aromatic rings. The third-order valence-electron chi connectivity index (χ3n) is 4.46. The minimum atomic E-state index is -3.58. The number of hydrogen-bond donors (Lipinski definition) is 2. The van der Waals surface area contributed by atoms with Gasteiger partial charge in [-0.1, -0.05) is 60.7 Å². The second kappa shape index (κ2) is 8.37. The number of sulfonamides is 1. The summed E-state index contributed by atoms with van der Waals surface area (Å²) in [4.78, 5) is 12.5. The molecular weight excluding hydrogens is 372 g/mol. The molecule has 0 fully saturated rings. The summed E-state index contributed by atoms with van der Waals surface area (Å²) in [7, 11) is -2.22. The number of benzene rings is 3. The molecule has 0 aliphatic heterocycles. The van der Waals surface area contributed by atoms with Crippen LogP contribution in [-0.2, 0) is 21.2 Å². The quantitative estimate of drug-likeness (QED) is 0.669. The lowest BCUT2D eigenvalue weighted by Gasteiger charge is -2.11. The van der Waals surface area contributed by atoms with E-state index in [9.17, 15) is 13.2 Å². The summed E-state index contributed by atoms with van der Waals surface area (Å²) in [6, 6.07) is 22.7. The summed E-state index contributed by atoms with van der Waals surface area (Å²) in [6.45, 7) is 1.71. The lowest BCUT2D eigenvalue weighted by Crippen LogP contribution is -2.20. The second-order valence-corrected chi connectivity index (χ2v) is 8.33. The van der Waals surface area contributed by atoms with Gasteiger partial charge < -0.3 is 5.32 Å². The molecule has 0 spiro atoms. The average molecular weight is 394 g/mol. The Balaban J connectivity index is 1.70. The molecule has 5 nitrogen and oxygen atoms in total. The van der Waals surface area contributed by atoms with Gasteiger partial charge in [0.05, 0.1) is 11.3 Å². The van der Waals surface area contributed by atoms with Gasteiger partial charge in [-0.3, -0.25) is 4.79 Å². The van der Waals surface area contributed by atoms with Crippen LogP contribution in [0, 0.1) is 6.92 Å². The first-order valence-corrected chi connectivity index (χ1v) is 10.4. The van der Waals surface area contributed by atoms with Gasteiger partial charge >= 0.3 is 0 Å². The molecule has 0 saturated heterocycles. The Kier molecular flexibility index (Phi) is 5.92. The second-order valence-electron chi connectivity index (χ2n) is 6.48. The number of carbonyl (C=O) groups is 1. The van der Waals surface area contributed by atoms with Crippen LogP contribution < -0.4 is 10.0 Å². The van der Waals surface area contributed by atoms with E-state index in [1.165, 1.54) is 13.1 Å². The first kappa shape index (κ1) is 19.8. The fourth-order valence-electron chi connectivity index (χ4n) is 2.91. The first-order valence-electron chi connectivity index (χ1n) is 8.87. The fourth-order valence-corrected chi connectivity index (χ4v) is 3.91. The monoisotopic (exact) mass is 394 g/mol. The highest BCUT2D eigenvalue weighted by Crippen LogP contribution is 2.21. The Labute approximate surface area is 165 Å². The molecule has 0 heterocycles. The fraction of sp³-hybridized carbons (Fsp3) is 0.136. The predicted molar refractivity (Wildman–Crippen MR) is 112 cm³/mol. The Morgan fingerprint density at radius 1 is 0.893 bits per heavy atom. The van der Waals surface area contributed by atoms with E-state index in [0.29, 0.717) is 11.3 Å². The van der Waals surface area contributed by atoms with Crippen molar-refractivity contribution in [3.63, 3.8) is 0 Å². The van der Waals surface area contributed by atoms with E-state index in [4.69, 9.17) is 0 Å². The molecule has 0 bridgehead atoms. The SMILES string of the molecule is CNS(=O)(=O)c1cc(NC(=O)Cc2ccc(-c3ccccc3)cc2)ccc1C.